The Balaban J connectivity index is 1.93. The molecule has 0 aliphatic heterocycles. The fourth-order valence-corrected chi connectivity index (χ4v) is 1.91. The molecule has 19 heavy (non-hydrogen) atoms. The smallest absolute Gasteiger partial charge is 0.203 e. The van der Waals surface area contributed by atoms with Crippen LogP contribution in [0.3, 0.4) is 0 Å². The maximum absolute atomic E-state index is 5.03. The van der Waals surface area contributed by atoms with Crippen LogP contribution in [0.25, 0.3) is 0 Å². The van der Waals surface area contributed by atoms with Crippen LogP contribution in [-0.4, -0.2) is 29.8 Å². The highest BCUT2D eigenvalue weighted by Gasteiger charge is 2.02. The summed E-state index contributed by atoms with van der Waals surface area (Å²) in [5, 5.41) is 3.33. The Morgan fingerprint density at radius 1 is 1.26 bits per heavy atom. The highest BCUT2D eigenvalue weighted by Crippen LogP contribution is 2.10. The third-order valence-electron chi connectivity index (χ3n) is 3.00. The van der Waals surface area contributed by atoms with Crippen LogP contribution in [0.2, 0.25) is 0 Å². The van der Waals surface area contributed by atoms with Crippen molar-refractivity contribution in [1.29, 1.82) is 0 Å². The predicted octanol–water partition coefficient (Wildman–Crippen LogP) is 2.69. The second-order valence-corrected chi connectivity index (χ2v) is 4.64. The normalized spacial score (nSPS) is 10.6. The molecule has 2 rings (SSSR count). The van der Waals surface area contributed by atoms with Crippen LogP contribution in [0.15, 0.2) is 36.7 Å². The molecule has 0 bridgehead atoms. The van der Waals surface area contributed by atoms with Gasteiger partial charge >= 0.3 is 0 Å². The number of aryl methyl sites for hydroxylation is 1. The second-order valence-electron chi connectivity index (χ2n) is 4.64. The minimum Gasteiger partial charge on any atom is -0.385 e. The molecular weight excluding hydrogens is 238 g/mol. The summed E-state index contributed by atoms with van der Waals surface area (Å²) in [6, 6.07) is 8.59. The van der Waals surface area contributed by atoms with Crippen molar-refractivity contribution in [2.45, 2.75) is 19.9 Å². The molecule has 0 amide bonds. The minimum absolute atomic E-state index is 0.770. The summed E-state index contributed by atoms with van der Waals surface area (Å²) >= 11 is 0. The monoisotopic (exact) mass is 259 g/mol. The fourth-order valence-electron chi connectivity index (χ4n) is 1.91. The van der Waals surface area contributed by atoms with Gasteiger partial charge in [-0.15, -0.1) is 0 Å². The van der Waals surface area contributed by atoms with E-state index in [9.17, 15) is 0 Å². The van der Waals surface area contributed by atoms with Gasteiger partial charge in [0.25, 0.3) is 0 Å². The SMILES string of the molecule is COCCCNc1nccn1Cc1ccc(C)cc1. The molecule has 0 saturated carbocycles. The summed E-state index contributed by atoms with van der Waals surface area (Å²) in [5.41, 5.74) is 2.57. The number of nitrogens with one attached hydrogen (secondary N) is 1. The fraction of sp³-hybridized carbons (Fsp3) is 0.400. The lowest BCUT2D eigenvalue weighted by Gasteiger charge is -2.10. The average Bonchev–Trinajstić information content (AvgIpc) is 2.85. The largest absolute Gasteiger partial charge is 0.385 e. The van der Waals surface area contributed by atoms with Gasteiger partial charge in [-0.2, -0.15) is 0 Å². The van der Waals surface area contributed by atoms with E-state index in [2.05, 4.69) is 46.1 Å². The van der Waals surface area contributed by atoms with E-state index in [1.807, 2.05) is 12.4 Å². The van der Waals surface area contributed by atoms with Crippen molar-refractivity contribution in [3.63, 3.8) is 0 Å². The van der Waals surface area contributed by atoms with Crippen LogP contribution < -0.4 is 5.32 Å². The van der Waals surface area contributed by atoms with Gasteiger partial charge in [-0.05, 0) is 18.9 Å². The number of hydrogen-bond donors (Lipinski definition) is 1. The van der Waals surface area contributed by atoms with E-state index in [-0.39, 0.29) is 0 Å². The third-order valence-corrected chi connectivity index (χ3v) is 3.00. The summed E-state index contributed by atoms with van der Waals surface area (Å²) < 4.78 is 7.15. The zero-order chi connectivity index (χ0) is 13.5. The number of anilines is 1. The number of benzene rings is 1. The Bertz CT molecular complexity index is 490. The first-order valence-electron chi connectivity index (χ1n) is 6.59. The number of methoxy groups -OCH3 is 1. The number of rotatable bonds is 7. The van der Waals surface area contributed by atoms with E-state index in [0.29, 0.717) is 0 Å². The van der Waals surface area contributed by atoms with Gasteiger partial charge < -0.3 is 14.6 Å². The Kier molecular flexibility index (Phi) is 4.98. The van der Waals surface area contributed by atoms with E-state index < -0.39 is 0 Å². The number of imidazole rings is 1. The maximum Gasteiger partial charge on any atom is 0.203 e. The van der Waals surface area contributed by atoms with Crippen molar-refractivity contribution in [2.24, 2.45) is 0 Å². The summed E-state index contributed by atoms with van der Waals surface area (Å²) in [7, 11) is 1.72. The molecule has 0 atom stereocenters. The minimum atomic E-state index is 0.770. The van der Waals surface area contributed by atoms with Crippen LogP contribution in [0.5, 0.6) is 0 Å². The topological polar surface area (TPSA) is 39.1 Å². The molecule has 0 fully saturated rings. The van der Waals surface area contributed by atoms with E-state index in [0.717, 1.165) is 32.1 Å². The van der Waals surface area contributed by atoms with Crippen molar-refractivity contribution < 1.29 is 4.74 Å². The Hall–Kier alpha value is -1.81. The van der Waals surface area contributed by atoms with E-state index >= 15 is 0 Å². The number of aromatic nitrogens is 2. The number of hydrogen-bond acceptors (Lipinski definition) is 3. The Morgan fingerprint density at radius 3 is 2.79 bits per heavy atom. The highest BCUT2D eigenvalue weighted by molar-refractivity contribution is 5.28. The van der Waals surface area contributed by atoms with Gasteiger partial charge in [-0.25, -0.2) is 4.98 Å². The summed E-state index contributed by atoms with van der Waals surface area (Å²) in [5.74, 6) is 0.914. The van der Waals surface area contributed by atoms with Crippen molar-refractivity contribution in [3.05, 3.63) is 47.8 Å². The molecule has 102 valence electrons. The maximum atomic E-state index is 5.03. The van der Waals surface area contributed by atoms with Gasteiger partial charge in [0.05, 0.1) is 6.54 Å². The average molecular weight is 259 g/mol. The van der Waals surface area contributed by atoms with Crippen molar-refractivity contribution in [3.8, 4) is 0 Å². The quantitative estimate of drug-likeness (QED) is 0.777. The van der Waals surface area contributed by atoms with Crippen LogP contribution in [0, 0.1) is 6.92 Å². The first kappa shape index (κ1) is 13.6. The molecule has 4 nitrogen and oxygen atoms in total. The molecule has 1 aromatic heterocycles. The molecule has 1 heterocycles. The molecule has 0 aliphatic carbocycles. The zero-order valence-corrected chi connectivity index (χ0v) is 11.6. The molecule has 0 unspecified atom stereocenters. The summed E-state index contributed by atoms with van der Waals surface area (Å²) in [6.45, 7) is 4.58. The first-order valence-corrected chi connectivity index (χ1v) is 6.59. The summed E-state index contributed by atoms with van der Waals surface area (Å²) in [4.78, 5) is 4.34. The molecule has 0 radical (unpaired) electrons. The standard InChI is InChI=1S/C15H21N3O/c1-13-4-6-14(7-5-13)12-18-10-9-17-15(18)16-8-3-11-19-2/h4-7,9-10H,3,8,11-12H2,1-2H3,(H,16,17). The van der Waals surface area contributed by atoms with Crippen LogP contribution >= 0.6 is 0 Å². The van der Waals surface area contributed by atoms with Gasteiger partial charge in [0.15, 0.2) is 0 Å². The van der Waals surface area contributed by atoms with E-state index in [1.54, 1.807) is 7.11 Å². The molecule has 1 aromatic carbocycles. The molecule has 2 aromatic rings. The van der Waals surface area contributed by atoms with Gasteiger partial charge in [0.2, 0.25) is 5.95 Å². The van der Waals surface area contributed by atoms with Gasteiger partial charge in [0, 0.05) is 32.7 Å². The molecule has 0 saturated heterocycles. The van der Waals surface area contributed by atoms with Crippen LogP contribution in [0.1, 0.15) is 17.5 Å². The number of nitrogens with zero attached hydrogens (tertiary/aromatic N) is 2. The lowest BCUT2D eigenvalue weighted by atomic mass is 10.1. The van der Waals surface area contributed by atoms with E-state index in [1.165, 1.54) is 11.1 Å². The lowest BCUT2D eigenvalue weighted by molar-refractivity contribution is 0.197. The van der Waals surface area contributed by atoms with Crippen LogP contribution in [-0.2, 0) is 11.3 Å². The molecule has 4 heteroatoms. The van der Waals surface area contributed by atoms with Gasteiger partial charge in [0.1, 0.15) is 0 Å². The third kappa shape index (κ3) is 4.10. The van der Waals surface area contributed by atoms with Gasteiger partial charge in [-0.1, -0.05) is 29.8 Å². The van der Waals surface area contributed by atoms with E-state index in [4.69, 9.17) is 4.74 Å². The zero-order valence-electron chi connectivity index (χ0n) is 11.6. The number of ether oxygens (including phenoxy) is 1. The lowest BCUT2D eigenvalue weighted by Crippen LogP contribution is -2.10. The highest BCUT2D eigenvalue weighted by atomic mass is 16.5. The second kappa shape index (κ2) is 6.95. The first-order chi connectivity index (χ1) is 9.29. The van der Waals surface area contributed by atoms with Crippen LogP contribution in [0.4, 0.5) is 5.95 Å². The molecule has 1 N–H and O–H groups in total. The van der Waals surface area contributed by atoms with Crippen molar-refractivity contribution in [1.82, 2.24) is 9.55 Å². The van der Waals surface area contributed by atoms with Crippen molar-refractivity contribution in [2.75, 3.05) is 25.6 Å². The van der Waals surface area contributed by atoms with Gasteiger partial charge in [-0.3, -0.25) is 0 Å². The molecule has 0 aliphatic rings. The summed E-state index contributed by atoms with van der Waals surface area (Å²) in [6.07, 6.45) is 4.80. The predicted molar refractivity (Wildman–Crippen MR) is 77.5 cm³/mol. The Labute approximate surface area is 114 Å². The Morgan fingerprint density at radius 2 is 2.05 bits per heavy atom. The molecular formula is C15H21N3O. The van der Waals surface area contributed by atoms with Crippen molar-refractivity contribution >= 4 is 5.95 Å². The molecule has 0 spiro atoms.